The zero-order valence-corrected chi connectivity index (χ0v) is 13.9. The van der Waals surface area contributed by atoms with Crippen LogP contribution in [0.2, 0.25) is 0 Å². The van der Waals surface area contributed by atoms with E-state index in [0.717, 1.165) is 57.5 Å². The van der Waals surface area contributed by atoms with Gasteiger partial charge in [-0.3, -0.25) is 4.79 Å². The second-order valence-corrected chi connectivity index (χ2v) is 7.26. The molecule has 1 saturated carbocycles. The number of piperidine rings is 1. The second-order valence-electron chi connectivity index (χ2n) is 7.26. The Morgan fingerprint density at radius 2 is 1.86 bits per heavy atom. The van der Waals surface area contributed by atoms with E-state index < -0.39 is 0 Å². The number of hydrogen-bond donors (Lipinski definition) is 2. The molecule has 2 fully saturated rings. The van der Waals surface area contributed by atoms with Crippen molar-refractivity contribution in [2.24, 2.45) is 17.1 Å². The molecular formula is C17H33N3O. The highest BCUT2D eigenvalue weighted by Gasteiger charge is 2.40. The van der Waals surface area contributed by atoms with Gasteiger partial charge in [0, 0.05) is 25.7 Å². The molecule has 0 aromatic carbocycles. The van der Waals surface area contributed by atoms with Gasteiger partial charge in [0.2, 0.25) is 5.91 Å². The van der Waals surface area contributed by atoms with E-state index in [1.807, 2.05) is 0 Å². The lowest BCUT2D eigenvalue weighted by molar-refractivity contribution is -0.134. The van der Waals surface area contributed by atoms with Crippen LogP contribution in [0.25, 0.3) is 0 Å². The maximum absolute atomic E-state index is 12.7. The Hall–Kier alpha value is -0.610. The molecule has 1 amide bonds. The van der Waals surface area contributed by atoms with Crippen molar-refractivity contribution in [1.29, 1.82) is 0 Å². The zero-order valence-electron chi connectivity index (χ0n) is 13.9. The van der Waals surface area contributed by atoms with Crippen LogP contribution in [0, 0.1) is 11.3 Å². The summed E-state index contributed by atoms with van der Waals surface area (Å²) in [4.78, 5) is 15.2. The maximum atomic E-state index is 12.7. The third-order valence-electron chi connectivity index (χ3n) is 5.57. The molecule has 1 aliphatic heterocycles. The van der Waals surface area contributed by atoms with Crippen molar-refractivity contribution in [3.8, 4) is 0 Å². The first-order chi connectivity index (χ1) is 10.1. The SMILES string of the molecule is CCCN1CCC(NC(=O)C2(CN)CCC(C)CC2)CC1. The van der Waals surface area contributed by atoms with E-state index in [4.69, 9.17) is 5.73 Å². The third kappa shape index (κ3) is 4.19. The molecule has 0 radical (unpaired) electrons. The van der Waals surface area contributed by atoms with Crippen LogP contribution in [0.4, 0.5) is 0 Å². The van der Waals surface area contributed by atoms with E-state index in [0.29, 0.717) is 12.6 Å². The average Bonchev–Trinajstić information content (AvgIpc) is 2.50. The van der Waals surface area contributed by atoms with Crippen LogP contribution in [0.5, 0.6) is 0 Å². The molecule has 2 rings (SSSR count). The molecule has 0 atom stereocenters. The van der Waals surface area contributed by atoms with E-state index in [1.54, 1.807) is 0 Å². The molecule has 0 aromatic heterocycles. The van der Waals surface area contributed by atoms with Crippen molar-refractivity contribution in [3.05, 3.63) is 0 Å². The molecule has 3 N–H and O–H groups in total. The lowest BCUT2D eigenvalue weighted by atomic mass is 9.70. The summed E-state index contributed by atoms with van der Waals surface area (Å²) in [5.41, 5.74) is 5.70. The lowest BCUT2D eigenvalue weighted by Gasteiger charge is -2.39. The molecule has 0 spiro atoms. The molecule has 1 heterocycles. The fraction of sp³-hybridized carbons (Fsp3) is 0.941. The molecule has 4 nitrogen and oxygen atoms in total. The van der Waals surface area contributed by atoms with Gasteiger partial charge in [0.1, 0.15) is 0 Å². The molecular weight excluding hydrogens is 262 g/mol. The average molecular weight is 295 g/mol. The first-order valence-electron chi connectivity index (χ1n) is 8.83. The number of amides is 1. The van der Waals surface area contributed by atoms with Crippen LogP contribution < -0.4 is 11.1 Å². The fourth-order valence-corrected chi connectivity index (χ4v) is 3.79. The second kappa shape index (κ2) is 7.59. The first-order valence-corrected chi connectivity index (χ1v) is 8.83. The van der Waals surface area contributed by atoms with E-state index >= 15 is 0 Å². The highest BCUT2D eigenvalue weighted by atomic mass is 16.2. The van der Waals surface area contributed by atoms with Gasteiger partial charge in [0.15, 0.2) is 0 Å². The minimum absolute atomic E-state index is 0.228. The Kier molecular flexibility index (Phi) is 6.06. The predicted octanol–water partition coefficient (Wildman–Crippen LogP) is 2.13. The quantitative estimate of drug-likeness (QED) is 0.817. The number of likely N-dealkylation sites (tertiary alicyclic amines) is 1. The Morgan fingerprint density at radius 1 is 1.24 bits per heavy atom. The summed E-state index contributed by atoms with van der Waals surface area (Å²) in [6, 6.07) is 0.355. The summed E-state index contributed by atoms with van der Waals surface area (Å²) in [5.74, 6) is 0.973. The van der Waals surface area contributed by atoms with Gasteiger partial charge in [-0.05, 0) is 57.4 Å². The van der Waals surface area contributed by atoms with Gasteiger partial charge in [0.05, 0.1) is 5.41 Å². The Labute approximate surface area is 129 Å². The van der Waals surface area contributed by atoms with Crippen LogP contribution in [-0.4, -0.2) is 43.0 Å². The van der Waals surface area contributed by atoms with E-state index in [-0.39, 0.29) is 11.3 Å². The van der Waals surface area contributed by atoms with Gasteiger partial charge in [0.25, 0.3) is 0 Å². The molecule has 0 aromatic rings. The molecule has 2 aliphatic rings. The van der Waals surface area contributed by atoms with Gasteiger partial charge < -0.3 is 16.0 Å². The zero-order chi connectivity index (χ0) is 15.3. The Bertz CT molecular complexity index is 329. The topological polar surface area (TPSA) is 58.4 Å². The highest BCUT2D eigenvalue weighted by molar-refractivity contribution is 5.83. The normalized spacial score (nSPS) is 32.0. The van der Waals surface area contributed by atoms with Gasteiger partial charge in [-0.15, -0.1) is 0 Å². The number of carbonyl (C=O) groups excluding carboxylic acids is 1. The lowest BCUT2D eigenvalue weighted by Crippen LogP contribution is -2.53. The minimum Gasteiger partial charge on any atom is -0.353 e. The number of nitrogens with one attached hydrogen (secondary N) is 1. The number of nitrogens with zero attached hydrogens (tertiary/aromatic N) is 1. The number of rotatable bonds is 5. The number of hydrogen-bond acceptors (Lipinski definition) is 3. The summed E-state index contributed by atoms with van der Waals surface area (Å²) >= 11 is 0. The van der Waals surface area contributed by atoms with Crippen LogP contribution >= 0.6 is 0 Å². The Morgan fingerprint density at radius 3 is 2.38 bits per heavy atom. The molecule has 21 heavy (non-hydrogen) atoms. The minimum atomic E-state index is -0.285. The van der Waals surface area contributed by atoms with Crippen molar-refractivity contribution in [2.75, 3.05) is 26.2 Å². The number of carbonyl (C=O) groups is 1. The first kappa shape index (κ1) is 16.8. The Balaban J connectivity index is 1.83. The monoisotopic (exact) mass is 295 g/mol. The van der Waals surface area contributed by atoms with Crippen molar-refractivity contribution >= 4 is 5.91 Å². The third-order valence-corrected chi connectivity index (χ3v) is 5.57. The largest absolute Gasteiger partial charge is 0.353 e. The molecule has 0 unspecified atom stereocenters. The van der Waals surface area contributed by atoms with Crippen LogP contribution in [0.1, 0.15) is 58.8 Å². The molecule has 0 bridgehead atoms. The van der Waals surface area contributed by atoms with Crippen molar-refractivity contribution in [2.45, 2.75) is 64.8 Å². The van der Waals surface area contributed by atoms with Crippen LogP contribution in [0.15, 0.2) is 0 Å². The van der Waals surface area contributed by atoms with Gasteiger partial charge in [-0.1, -0.05) is 13.8 Å². The van der Waals surface area contributed by atoms with Gasteiger partial charge >= 0.3 is 0 Å². The van der Waals surface area contributed by atoms with Gasteiger partial charge in [-0.2, -0.15) is 0 Å². The molecule has 4 heteroatoms. The summed E-state index contributed by atoms with van der Waals surface area (Å²) < 4.78 is 0. The summed E-state index contributed by atoms with van der Waals surface area (Å²) in [6.07, 6.45) is 7.59. The fourth-order valence-electron chi connectivity index (χ4n) is 3.79. The van der Waals surface area contributed by atoms with Crippen molar-refractivity contribution in [3.63, 3.8) is 0 Å². The summed E-state index contributed by atoms with van der Waals surface area (Å²) in [6.45, 7) is 8.42. The van der Waals surface area contributed by atoms with E-state index in [1.165, 1.54) is 13.0 Å². The maximum Gasteiger partial charge on any atom is 0.227 e. The van der Waals surface area contributed by atoms with Crippen molar-refractivity contribution in [1.82, 2.24) is 10.2 Å². The summed E-state index contributed by atoms with van der Waals surface area (Å²) in [5, 5.41) is 3.31. The van der Waals surface area contributed by atoms with Crippen LogP contribution in [0.3, 0.4) is 0 Å². The van der Waals surface area contributed by atoms with E-state index in [2.05, 4.69) is 24.1 Å². The molecule has 1 aliphatic carbocycles. The molecule has 1 saturated heterocycles. The van der Waals surface area contributed by atoms with E-state index in [9.17, 15) is 4.79 Å². The van der Waals surface area contributed by atoms with Crippen molar-refractivity contribution < 1.29 is 4.79 Å². The number of nitrogens with two attached hydrogens (primary N) is 1. The van der Waals surface area contributed by atoms with Gasteiger partial charge in [-0.25, -0.2) is 0 Å². The predicted molar refractivity (Wildman–Crippen MR) is 87.0 cm³/mol. The highest BCUT2D eigenvalue weighted by Crippen LogP contribution is 2.38. The molecule has 122 valence electrons. The summed E-state index contributed by atoms with van der Waals surface area (Å²) in [7, 11) is 0. The smallest absolute Gasteiger partial charge is 0.227 e. The standard InChI is InChI=1S/C17H33N3O/c1-3-10-20-11-6-15(7-12-20)19-16(21)17(13-18)8-4-14(2)5-9-17/h14-15H,3-13,18H2,1-2H3,(H,19,21). The van der Waals surface area contributed by atoms with Crippen LogP contribution in [-0.2, 0) is 4.79 Å².